The maximum atomic E-state index is 10.6. The molecule has 0 aliphatic rings. The lowest BCUT2D eigenvalue weighted by atomic mass is 9.96. The highest BCUT2D eigenvalue weighted by atomic mass is 79.9. The summed E-state index contributed by atoms with van der Waals surface area (Å²) in [6, 6.07) is 19.3. The largest absolute Gasteiger partial charge is 0.384 e. The van der Waals surface area contributed by atoms with Crippen molar-refractivity contribution in [3.05, 3.63) is 81.3 Å². The Morgan fingerprint density at radius 3 is 2.40 bits per heavy atom. The summed E-state index contributed by atoms with van der Waals surface area (Å²) in [5, 5.41) is 13.3. The van der Waals surface area contributed by atoms with Gasteiger partial charge in [-0.3, -0.25) is 0 Å². The average Bonchev–Trinajstić information content (AvgIpc) is 2.47. The van der Waals surface area contributed by atoms with Gasteiger partial charge in [0.15, 0.2) is 0 Å². The number of aliphatic hydroxyl groups excluding tert-OH is 1. The number of benzene rings is 3. The summed E-state index contributed by atoms with van der Waals surface area (Å²) in [6.45, 7) is 0. The quantitative estimate of drug-likeness (QED) is 0.663. The predicted octanol–water partition coefficient (Wildman–Crippen LogP) is 5.34. The normalized spacial score (nSPS) is 12.6. The van der Waals surface area contributed by atoms with E-state index in [1.807, 2.05) is 60.7 Å². The summed E-state index contributed by atoms with van der Waals surface area (Å²) in [6.07, 6.45) is -0.672. The van der Waals surface area contributed by atoms with Crippen molar-refractivity contribution in [1.29, 1.82) is 0 Å². The van der Waals surface area contributed by atoms with Crippen LogP contribution in [0, 0.1) is 0 Å². The smallest absolute Gasteiger partial charge is 0.105 e. The van der Waals surface area contributed by atoms with E-state index in [4.69, 9.17) is 11.6 Å². The Hall–Kier alpha value is -1.35. The number of hydrogen-bond acceptors (Lipinski definition) is 1. The molecule has 3 heteroatoms. The molecule has 0 aromatic heterocycles. The van der Waals surface area contributed by atoms with Crippen molar-refractivity contribution in [2.45, 2.75) is 6.10 Å². The van der Waals surface area contributed by atoms with Gasteiger partial charge in [0.2, 0.25) is 0 Å². The molecule has 0 heterocycles. The second kappa shape index (κ2) is 5.57. The molecule has 3 rings (SSSR count). The van der Waals surface area contributed by atoms with Gasteiger partial charge in [-0.2, -0.15) is 0 Å². The van der Waals surface area contributed by atoms with Gasteiger partial charge in [0.05, 0.1) is 0 Å². The minimum atomic E-state index is -0.672. The average molecular weight is 348 g/mol. The fourth-order valence-corrected chi connectivity index (χ4v) is 3.03. The van der Waals surface area contributed by atoms with Crippen molar-refractivity contribution < 1.29 is 5.11 Å². The Morgan fingerprint density at radius 1 is 0.900 bits per heavy atom. The van der Waals surface area contributed by atoms with E-state index in [1.165, 1.54) is 0 Å². The van der Waals surface area contributed by atoms with Gasteiger partial charge in [-0.05, 0) is 34.7 Å². The number of hydrogen-bond donors (Lipinski definition) is 1. The molecule has 0 fully saturated rings. The molecule has 0 amide bonds. The fraction of sp³-hybridized carbons (Fsp3) is 0.0588. The van der Waals surface area contributed by atoms with Gasteiger partial charge in [0, 0.05) is 14.9 Å². The molecule has 0 saturated heterocycles. The molecule has 20 heavy (non-hydrogen) atoms. The Kier molecular flexibility index (Phi) is 3.79. The zero-order valence-electron chi connectivity index (χ0n) is 10.6. The van der Waals surface area contributed by atoms with Crippen molar-refractivity contribution in [3.63, 3.8) is 0 Å². The maximum absolute atomic E-state index is 10.6. The Labute approximate surface area is 131 Å². The third-order valence-corrected chi connectivity index (χ3v) is 4.19. The second-order valence-electron chi connectivity index (χ2n) is 4.64. The minimum Gasteiger partial charge on any atom is -0.384 e. The van der Waals surface area contributed by atoms with Crippen LogP contribution in [0.25, 0.3) is 10.8 Å². The Bertz CT molecular complexity index is 770. The van der Waals surface area contributed by atoms with Crippen LogP contribution in [0.4, 0.5) is 0 Å². The van der Waals surface area contributed by atoms with E-state index in [2.05, 4.69) is 15.9 Å². The molecule has 0 spiro atoms. The van der Waals surface area contributed by atoms with Crippen molar-refractivity contribution in [2.24, 2.45) is 0 Å². The molecule has 1 unspecified atom stereocenters. The third-order valence-electron chi connectivity index (χ3n) is 3.36. The van der Waals surface area contributed by atoms with Crippen LogP contribution in [0.5, 0.6) is 0 Å². The molecule has 3 aromatic carbocycles. The molecule has 1 atom stereocenters. The van der Waals surface area contributed by atoms with Crippen LogP contribution in [0.3, 0.4) is 0 Å². The molecule has 100 valence electrons. The van der Waals surface area contributed by atoms with Gasteiger partial charge in [0.1, 0.15) is 6.10 Å². The molecule has 1 nitrogen and oxygen atoms in total. The van der Waals surface area contributed by atoms with E-state index in [9.17, 15) is 5.11 Å². The van der Waals surface area contributed by atoms with E-state index in [0.717, 1.165) is 26.4 Å². The first kappa shape index (κ1) is 13.6. The van der Waals surface area contributed by atoms with Gasteiger partial charge >= 0.3 is 0 Å². The molecule has 3 aromatic rings. The van der Waals surface area contributed by atoms with E-state index in [0.29, 0.717) is 5.02 Å². The first-order valence-electron chi connectivity index (χ1n) is 6.27. The number of halogens is 2. The Balaban J connectivity index is 2.17. The molecule has 1 N–H and O–H groups in total. The SMILES string of the molecule is OC(c1cccc(Br)c1)c1ccc(Cl)c2ccccc12. The lowest BCUT2D eigenvalue weighted by molar-refractivity contribution is 0.222. The highest BCUT2D eigenvalue weighted by Crippen LogP contribution is 2.33. The lowest BCUT2D eigenvalue weighted by Crippen LogP contribution is -2.00. The molecule has 0 aliphatic heterocycles. The molecular weight excluding hydrogens is 336 g/mol. The summed E-state index contributed by atoms with van der Waals surface area (Å²) >= 11 is 9.65. The van der Waals surface area contributed by atoms with E-state index in [1.54, 1.807) is 0 Å². The minimum absolute atomic E-state index is 0.672. The predicted molar refractivity (Wildman–Crippen MR) is 87.2 cm³/mol. The van der Waals surface area contributed by atoms with Gasteiger partial charge in [-0.15, -0.1) is 0 Å². The van der Waals surface area contributed by atoms with Crippen molar-refractivity contribution in [3.8, 4) is 0 Å². The topological polar surface area (TPSA) is 20.2 Å². The highest BCUT2D eigenvalue weighted by molar-refractivity contribution is 9.10. The van der Waals surface area contributed by atoms with Gasteiger partial charge in [-0.25, -0.2) is 0 Å². The summed E-state index contributed by atoms with van der Waals surface area (Å²) in [4.78, 5) is 0. The van der Waals surface area contributed by atoms with Crippen molar-refractivity contribution in [1.82, 2.24) is 0 Å². The first-order chi connectivity index (χ1) is 9.66. The molecular formula is C17H12BrClO. The zero-order chi connectivity index (χ0) is 14.1. The lowest BCUT2D eigenvalue weighted by Gasteiger charge is -2.15. The van der Waals surface area contributed by atoms with Crippen LogP contribution < -0.4 is 0 Å². The van der Waals surface area contributed by atoms with E-state index in [-0.39, 0.29) is 0 Å². The van der Waals surface area contributed by atoms with Crippen molar-refractivity contribution in [2.75, 3.05) is 0 Å². The second-order valence-corrected chi connectivity index (χ2v) is 5.96. The van der Waals surface area contributed by atoms with Crippen LogP contribution >= 0.6 is 27.5 Å². The number of fused-ring (bicyclic) bond motifs is 1. The molecule has 0 bridgehead atoms. The van der Waals surface area contributed by atoms with Crippen LogP contribution in [0.2, 0.25) is 5.02 Å². The Morgan fingerprint density at radius 2 is 1.65 bits per heavy atom. The van der Waals surface area contributed by atoms with Gasteiger partial charge in [0.25, 0.3) is 0 Å². The highest BCUT2D eigenvalue weighted by Gasteiger charge is 2.14. The van der Waals surface area contributed by atoms with E-state index < -0.39 is 6.10 Å². The van der Waals surface area contributed by atoms with E-state index >= 15 is 0 Å². The summed E-state index contributed by atoms with van der Waals surface area (Å²) < 4.78 is 0.951. The van der Waals surface area contributed by atoms with Gasteiger partial charge in [-0.1, -0.05) is 70.0 Å². The zero-order valence-corrected chi connectivity index (χ0v) is 12.9. The first-order valence-corrected chi connectivity index (χ1v) is 7.44. The monoisotopic (exact) mass is 346 g/mol. The molecule has 0 radical (unpaired) electrons. The summed E-state index contributed by atoms with van der Waals surface area (Å²) in [7, 11) is 0. The summed E-state index contributed by atoms with van der Waals surface area (Å²) in [5.41, 5.74) is 1.72. The third kappa shape index (κ3) is 2.47. The van der Waals surface area contributed by atoms with Gasteiger partial charge < -0.3 is 5.11 Å². The molecule has 0 aliphatic carbocycles. The van der Waals surface area contributed by atoms with Crippen LogP contribution in [0.1, 0.15) is 17.2 Å². The maximum Gasteiger partial charge on any atom is 0.105 e. The van der Waals surface area contributed by atoms with Crippen molar-refractivity contribution >= 4 is 38.3 Å². The summed E-state index contributed by atoms with van der Waals surface area (Å²) in [5.74, 6) is 0. The number of rotatable bonds is 2. The standard InChI is InChI=1S/C17H12BrClO/c18-12-5-3-4-11(10-12)17(20)15-8-9-16(19)14-7-2-1-6-13(14)15/h1-10,17,20H. The van der Waals surface area contributed by atoms with Crippen LogP contribution in [0.15, 0.2) is 65.1 Å². The number of aliphatic hydroxyl groups is 1. The van der Waals surface area contributed by atoms with Crippen LogP contribution in [-0.4, -0.2) is 5.11 Å². The molecule has 0 saturated carbocycles. The fourth-order valence-electron chi connectivity index (χ4n) is 2.38. The van der Waals surface area contributed by atoms with Crippen LogP contribution in [-0.2, 0) is 0 Å².